The van der Waals surface area contributed by atoms with Gasteiger partial charge in [0.1, 0.15) is 0 Å². The highest BCUT2D eigenvalue weighted by molar-refractivity contribution is 4.70. The summed E-state index contributed by atoms with van der Waals surface area (Å²) in [5.41, 5.74) is 0.214. The van der Waals surface area contributed by atoms with Crippen LogP contribution >= 0.6 is 0 Å². The lowest BCUT2D eigenvalue weighted by molar-refractivity contribution is 0.421. The van der Waals surface area contributed by atoms with Gasteiger partial charge in [-0.05, 0) is 20.8 Å². The van der Waals surface area contributed by atoms with E-state index in [0.29, 0.717) is 6.04 Å². The first-order valence-electron chi connectivity index (χ1n) is 9.23. The Balaban J connectivity index is 3.03. The minimum Gasteiger partial charge on any atom is -0.314 e. The van der Waals surface area contributed by atoms with Crippen LogP contribution in [0.3, 0.4) is 0 Å². The Kier molecular flexibility index (Phi) is 15.1. The van der Waals surface area contributed by atoms with Crippen molar-refractivity contribution in [3.05, 3.63) is 0 Å². The molecule has 0 aromatic heterocycles. The van der Waals surface area contributed by atoms with Gasteiger partial charge in [0.15, 0.2) is 0 Å². The van der Waals surface area contributed by atoms with Crippen molar-refractivity contribution in [3.63, 3.8) is 0 Å². The molecule has 6 heteroatoms. The van der Waals surface area contributed by atoms with Crippen molar-refractivity contribution in [2.24, 2.45) is 0 Å². The zero-order valence-electron chi connectivity index (χ0n) is 16.1. The van der Waals surface area contributed by atoms with Crippen molar-refractivity contribution < 1.29 is 0 Å². The lowest BCUT2D eigenvalue weighted by Crippen LogP contribution is -2.41. The molecule has 0 bridgehead atoms. The molecule has 23 heavy (non-hydrogen) atoms. The second-order valence-corrected chi connectivity index (χ2v) is 7.29. The molecule has 0 rings (SSSR count). The van der Waals surface area contributed by atoms with Gasteiger partial charge in [0.05, 0.1) is 0 Å². The third kappa shape index (κ3) is 21.8. The van der Waals surface area contributed by atoms with Crippen LogP contribution in [0.5, 0.6) is 0 Å². The first-order valence-corrected chi connectivity index (χ1v) is 9.23. The molecule has 0 heterocycles. The Morgan fingerprint density at radius 1 is 0.565 bits per heavy atom. The summed E-state index contributed by atoms with van der Waals surface area (Å²) in [5.74, 6) is 0. The quantitative estimate of drug-likeness (QED) is 0.219. The maximum Gasteiger partial charge on any atom is 0.00970 e. The zero-order valence-corrected chi connectivity index (χ0v) is 16.1. The van der Waals surface area contributed by atoms with Crippen LogP contribution in [0.2, 0.25) is 0 Å². The SMILES string of the molecule is CC(C)NCCNCCNCCNCCNCCNC(C)(C)C. The van der Waals surface area contributed by atoms with Crippen molar-refractivity contribution in [2.75, 3.05) is 65.4 Å². The third-order valence-corrected chi connectivity index (χ3v) is 3.25. The molecule has 0 atom stereocenters. The fraction of sp³-hybridized carbons (Fsp3) is 1.00. The second-order valence-electron chi connectivity index (χ2n) is 7.29. The summed E-state index contributed by atoms with van der Waals surface area (Å²) < 4.78 is 0. The van der Waals surface area contributed by atoms with E-state index in [1.165, 1.54) is 0 Å². The molecule has 0 aliphatic rings. The van der Waals surface area contributed by atoms with Gasteiger partial charge in [0, 0.05) is 77.0 Å². The standard InChI is InChI=1S/C17H42N6/c1-16(2)22-14-12-20-10-8-18-6-7-19-9-11-21-13-15-23-17(3,4)5/h16,18-23H,6-15H2,1-5H3. The van der Waals surface area contributed by atoms with E-state index in [1.54, 1.807) is 0 Å². The fourth-order valence-corrected chi connectivity index (χ4v) is 2.01. The van der Waals surface area contributed by atoms with Crippen LogP contribution in [-0.2, 0) is 0 Å². The molecular weight excluding hydrogens is 288 g/mol. The predicted octanol–water partition coefficient (Wildman–Crippen LogP) is -0.269. The van der Waals surface area contributed by atoms with Gasteiger partial charge in [-0.3, -0.25) is 0 Å². The molecule has 0 amide bonds. The van der Waals surface area contributed by atoms with E-state index in [1.807, 2.05) is 0 Å². The normalized spacial score (nSPS) is 12.3. The first kappa shape index (κ1) is 22.8. The second kappa shape index (κ2) is 15.3. The van der Waals surface area contributed by atoms with Crippen molar-refractivity contribution in [1.82, 2.24) is 31.9 Å². The van der Waals surface area contributed by atoms with Gasteiger partial charge < -0.3 is 31.9 Å². The third-order valence-electron chi connectivity index (χ3n) is 3.25. The van der Waals surface area contributed by atoms with Crippen LogP contribution in [0, 0.1) is 0 Å². The number of rotatable bonds is 16. The molecular formula is C17H42N6. The van der Waals surface area contributed by atoms with Crippen LogP contribution in [0.25, 0.3) is 0 Å². The van der Waals surface area contributed by atoms with Crippen LogP contribution in [0.15, 0.2) is 0 Å². The maximum atomic E-state index is 3.47. The molecule has 140 valence electrons. The summed E-state index contributed by atoms with van der Waals surface area (Å²) in [6.45, 7) is 21.2. The van der Waals surface area contributed by atoms with Crippen LogP contribution in [0.1, 0.15) is 34.6 Å². The average Bonchev–Trinajstić information content (AvgIpc) is 2.45. The summed E-state index contributed by atoms with van der Waals surface area (Å²) in [4.78, 5) is 0. The number of nitrogens with one attached hydrogen (secondary N) is 6. The van der Waals surface area contributed by atoms with Gasteiger partial charge in [-0.2, -0.15) is 0 Å². The van der Waals surface area contributed by atoms with Gasteiger partial charge in [0.2, 0.25) is 0 Å². The average molecular weight is 331 g/mol. The van der Waals surface area contributed by atoms with E-state index in [-0.39, 0.29) is 5.54 Å². The highest BCUT2D eigenvalue weighted by Gasteiger charge is 2.06. The van der Waals surface area contributed by atoms with E-state index in [2.05, 4.69) is 66.5 Å². The summed E-state index contributed by atoms with van der Waals surface area (Å²) in [6, 6.07) is 0.574. The maximum absolute atomic E-state index is 3.47. The first-order chi connectivity index (χ1) is 10.9. The molecule has 0 saturated carbocycles. The van der Waals surface area contributed by atoms with Gasteiger partial charge >= 0.3 is 0 Å². The molecule has 0 fully saturated rings. The summed E-state index contributed by atoms with van der Waals surface area (Å²) in [7, 11) is 0. The Morgan fingerprint density at radius 2 is 0.913 bits per heavy atom. The summed E-state index contributed by atoms with van der Waals surface area (Å²) >= 11 is 0. The Hall–Kier alpha value is -0.240. The predicted molar refractivity (Wildman–Crippen MR) is 102 cm³/mol. The summed E-state index contributed by atoms with van der Waals surface area (Å²) in [5, 5.41) is 20.6. The van der Waals surface area contributed by atoms with E-state index in [0.717, 1.165) is 65.4 Å². The van der Waals surface area contributed by atoms with E-state index in [4.69, 9.17) is 0 Å². The van der Waals surface area contributed by atoms with Gasteiger partial charge in [-0.25, -0.2) is 0 Å². The Morgan fingerprint density at radius 3 is 1.26 bits per heavy atom. The fourth-order valence-electron chi connectivity index (χ4n) is 2.01. The number of hydrogen-bond donors (Lipinski definition) is 6. The minimum atomic E-state index is 0.214. The molecule has 0 unspecified atom stereocenters. The molecule has 0 saturated heterocycles. The minimum absolute atomic E-state index is 0.214. The molecule has 0 aromatic carbocycles. The van der Waals surface area contributed by atoms with Gasteiger partial charge in [0.25, 0.3) is 0 Å². The molecule has 0 radical (unpaired) electrons. The topological polar surface area (TPSA) is 72.2 Å². The molecule has 0 aromatic rings. The monoisotopic (exact) mass is 330 g/mol. The Labute approximate surface area is 144 Å². The van der Waals surface area contributed by atoms with Gasteiger partial charge in [-0.15, -0.1) is 0 Å². The summed E-state index contributed by atoms with van der Waals surface area (Å²) in [6.07, 6.45) is 0. The highest BCUT2D eigenvalue weighted by atomic mass is 15.0. The Bertz CT molecular complexity index is 240. The van der Waals surface area contributed by atoms with Crippen molar-refractivity contribution >= 4 is 0 Å². The van der Waals surface area contributed by atoms with E-state index in [9.17, 15) is 0 Å². The highest BCUT2D eigenvalue weighted by Crippen LogP contribution is 1.95. The van der Waals surface area contributed by atoms with Crippen molar-refractivity contribution in [2.45, 2.75) is 46.2 Å². The van der Waals surface area contributed by atoms with Crippen LogP contribution in [0.4, 0.5) is 0 Å². The van der Waals surface area contributed by atoms with Gasteiger partial charge in [-0.1, -0.05) is 13.8 Å². The van der Waals surface area contributed by atoms with E-state index >= 15 is 0 Å². The van der Waals surface area contributed by atoms with Crippen molar-refractivity contribution in [1.29, 1.82) is 0 Å². The number of hydrogen-bond acceptors (Lipinski definition) is 6. The smallest absolute Gasteiger partial charge is 0.00970 e. The lowest BCUT2D eigenvalue weighted by Gasteiger charge is -2.20. The molecule has 6 nitrogen and oxygen atoms in total. The van der Waals surface area contributed by atoms with Crippen LogP contribution in [-0.4, -0.2) is 77.0 Å². The van der Waals surface area contributed by atoms with Crippen LogP contribution < -0.4 is 31.9 Å². The molecule has 6 N–H and O–H groups in total. The molecule has 0 spiro atoms. The molecule has 0 aliphatic heterocycles. The lowest BCUT2D eigenvalue weighted by atomic mass is 10.1. The van der Waals surface area contributed by atoms with E-state index < -0.39 is 0 Å². The largest absolute Gasteiger partial charge is 0.314 e. The van der Waals surface area contributed by atoms with Crippen molar-refractivity contribution in [3.8, 4) is 0 Å². The molecule has 0 aliphatic carbocycles. The zero-order chi connectivity index (χ0) is 17.4.